The molecule has 2 amide bonds. The minimum Gasteiger partial charge on any atom is -0.354 e. The van der Waals surface area contributed by atoms with Gasteiger partial charge in [-0.15, -0.1) is 11.3 Å². The number of H-pyrrole nitrogens is 1. The second kappa shape index (κ2) is 8.88. The lowest BCUT2D eigenvalue weighted by molar-refractivity contribution is -0.127. The van der Waals surface area contributed by atoms with Crippen LogP contribution in [0.5, 0.6) is 0 Å². The number of thiophene rings is 1. The molecule has 9 heteroatoms. The highest BCUT2D eigenvalue weighted by Crippen LogP contribution is 2.34. The quantitative estimate of drug-likeness (QED) is 0.480. The van der Waals surface area contributed by atoms with Gasteiger partial charge in [-0.3, -0.25) is 14.4 Å². The summed E-state index contributed by atoms with van der Waals surface area (Å²) < 4.78 is 0. The second-order valence-electron chi connectivity index (χ2n) is 6.63. The SMILES string of the molecule is CCCNC(=O)[C@@H](C)NC(=O)CSc1nc2sc3c(c2c(=O)[nH]1)CCCC3. The average Bonchev–Trinajstić information content (AvgIpc) is 3.03. The van der Waals surface area contributed by atoms with E-state index >= 15 is 0 Å². The molecule has 1 atom stereocenters. The van der Waals surface area contributed by atoms with Gasteiger partial charge in [-0.05, 0) is 44.6 Å². The largest absolute Gasteiger partial charge is 0.354 e. The summed E-state index contributed by atoms with van der Waals surface area (Å²) >= 11 is 2.76. The summed E-state index contributed by atoms with van der Waals surface area (Å²) in [6.45, 7) is 4.20. The summed E-state index contributed by atoms with van der Waals surface area (Å²) in [5.74, 6) is -0.384. The number of carbonyl (C=O) groups is 2. The molecular weight excluding hydrogens is 384 g/mol. The number of nitrogens with zero attached hydrogens (tertiary/aromatic N) is 1. The Morgan fingerprint density at radius 2 is 2.11 bits per heavy atom. The van der Waals surface area contributed by atoms with Gasteiger partial charge in [0, 0.05) is 11.4 Å². The molecule has 1 aliphatic carbocycles. The fourth-order valence-corrected chi connectivity index (χ4v) is 5.09. The van der Waals surface area contributed by atoms with Gasteiger partial charge in [-0.25, -0.2) is 4.98 Å². The fourth-order valence-electron chi connectivity index (χ4n) is 3.10. The van der Waals surface area contributed by atoms with Crippen molar-refractivity contribution in [1.29, 1.82) is 0 Å². The van der Waals surface area contributed by atoms with Gasteiger partial charge in [-0.1, -0.05) is 18.7 Å². The van der Waals surface area contributed by atoms with Gasteiger partial charge in [-0.2, -0.15) is 0 Å². The van der Waals surface area contributed by atoms with E-state index in [0.29, 0.717) is 17.1 Å². The molecule has 3 N–H and O–H groups in total. The summed E-state index contributed by atoms with van der Waals surface area (Å²) in [7, 11) is 0. The zero-order valence-electron chi connectivity index (χ0n) is 15.5. The third kappa shape index (κ3) is 4.70. The Kier molecular flexibility index (Phi) is 6.54. The molecule has 0 aromatic carbocycles. The van der Waals surface area contributed by atoms with Gasteiger partial charge >= 0.3 is 0 Å². The Morgan fingerprint density at radius 3 is 2.89 bits per heavy atom. The van der Waals surface area contributed by atoms with Gasteiger partial charge in [0.25, 0.3) is 5.56 Å². The molecule has 0 bridgehead atoms. The molecule has 146 valence electrons. The van der Waals surface area contributed by atoms with Crippen molar-refractivity contribution < 1.29 is 9.59 Å². The zero-order valence-corrected chi connectivity index (χ0v) is 17.1. The Morgan fingerprint density at radius 1 is 1.33 bits per heavy atom. The molecule has 2 aromatic heterocycles. The van der Waals surface area contributed by atoms with Crippen molar-refractivity contribution >= 4 is 45.1 Å². The number of rotatable bonds is 7. The Balaban J connectivity index is 1.62. The molecule has 0 unspecified atom stereocenters. The molecular formula is C18H24N4O3S2. The smallest absolute Gasteiger partial charge is 0.260 e. The number of carbonyl (C=O) groups excluding carboxylic acids is 2. The van der Waals surface area contributed by atoms with E-state index in [4.69, 9.17) is 0 Å². The van der Waals surface area contributed by atoms with E-state index < -0.39 is 6.04 Å². The lowest BCUT2D eigenvalue weighted by Gasteiger charge is -2.13. The number of nitrogens with one attached hydrogen (secondary N) is 3. The topological polar surface area (TPSA) is 104 Å². The van der Waals surface area contributed by atoms with E-state index in [9.17, 15) is 14.4 Å². The standard InChI is InChI=1S/C18H24N4O3S2/c1-3-8-19-15(24)10(2)20-13(23)9-26-18-21-16(25)14-11-6-4-5-7-12(11)27-17(14)22-18/h10H,3-9H2,1-2H3,(H,19,24)(H,20,23)(H,21,22,25)/t10-/m1/s1. The van der Waals surface area contributed by atoms with Crippen molar-refractivity contribution in [2.45, 2.75) is 57.1 Å². The number of hydrogen-bond donors (Lipinski definition) is 3. The molecule has 27 heavy (non-hydrogen) atoms. The van der Waals surface area contributed by atoms with E-state index in [1.807, 2.05) is 6.92 Å². The van der Waals surface area contributed by atoms with Gasteiger partial charge in [0.2, 0.25) is 11.8 Å². The van der Waals surface area contributed by atoms with Crippen LogP contribution in [0.2, 0.25) is 0 Å². The van der Waals surface area contributed by atoms with E-state index in [1.54, 1.807) is 18.3 Å². The van der Waals surface area contributed by atoms with Crippen molar-refractivity contribution in [3.63, 3.8) is 0 Å². The third-order valence-electron chi connectivity index (χ3n) is 4.46. The van der Waals surface area contributed by atoms with Crippen LogP contribution in [-0.2, 0) is 22.4 Å². The summed E-state index contributed by atoms with van der Waals surface area (Å²) in [6, 6.07) is -0.594. The molecule has 7 nitrogen and oxygen atoms in total. The van der Waals surface area contributed by atoms with E-state index in [0.717, 1.165) is 42.5 Å². The first-order valence-electron chi connectivity index (χ1n) is 9.24. The monoisotopic (exact) mass is 408 g/mol. The van der Waals surface area contributed by atoms with Crippen molar-refractivity contribution in [2.75, 3.05) is 12.3 Å². The predicted octanol–water partition coefficient (Wildman–Crippen LogP) is 1.99. The molecule has 2 heterocycles. The van der Waals surface area contributed by atoms with Crippen LogP contribution in [0.1, 0.15) is 43.6 Å². The molecule has 2 aromatic rings. The highest BCUT2D eigenvalue weighted by molar-refractivity contribution is 7.99. The van der Waals surface area contributed by atoms with Gasteiger partial charge < -0.3 is 15.6 Å². The van der Waals surface area contributed by atoms with Crippen molar-refractivity contribution in [3.05, 3.63) is 20.8 Å². The highest BCUT2D eigenvalue weighted by atomic mass is 32.2. The van der Waals surface area contributed by atoms with E-state index in [2.05, 4.69) is 20.6 Å². The summed E-state index contributed by atoms with van der Waals surface area (Å²) in [5.41, 5.74) is 1.02. The maximum absolute atomic E-state index is 12.5. The summed E-state index contributed by atoms with van der Waals surface area (Å²) in [5, 5.41) is 6.55. The van der Waals surface area contributed by atoms with Crippen LogP contribution in [-0.4, -0.2) is 40.1 Å². The minimum atomic E-state index is -0.594. The Labute approximate surface area is 165 Å². The minimum absolute atomic E-state index is 0.0882. The zero-order chi connectivity index (χ0) is 19.4. The number of amides is 2. The van der Waals surface area contributed by atoms with Crippen LogP contribution in [0.4, 0.5) is 0 Å². The first-order chi connectivity index (χ1) is 13.0. The number of thioether (sulfide) groups is 1. The molecule has 1 aliphatic rings. The van der Waals surface area contributed by atoms with Crippen LogP contribution in [0.3, 0.4) is 0 Å². The van der Waals surface area contributed by atoms with Crippen molar-refractivity contribution in [3.8, 4) is 0 Å². The first kappa shape index (κ1) is 19.9. The van der Waals surface area contributed by atoms with Crippen molar-refractivity contribution in [1.82, 2.24) is 20.6 Å². The van der Waals surface area contributed by atoms with Gasteiger partial charge in [0.05, 0.1) is 11.1 Å². The fraction of sp³-hybridized carbons (Fsp3) is 0.556. The number of fused-ring (bicyclic) bond motifs is 3. The maximum atomic E-state index is 12.5. The highest BCUT2D eigenvalue weighted by Gasteiger charge is 2.20. The maximum Gasteiger partial charge on any atom is 0.260 e. The lowest BCUT2D eigenvalue weighted by Crippen LogP contribution is -2.45. The number of aromatic amines is 1. The molecule has 0 aliphatic heterocycles. The van der Waals surface area contributed by atoms with Gasteiger partial charge in [0.1, 0.15) is 10.9 Å². The summed E-state index contributed by atoms with van der Waals surface area (Å²) in [6.07, 6.45) is 5.06. The molecule has 3 rings (SSSR count). The average molecular weight is 409 g/mol. The second-order valence-corrected chi connectivity index (χ2v) is 8.68. The van der Waals surface area contributed by atoms with Crippen LogP contribution >= 0.6 is 23.1 Å². The van der Waals surface area contributed by atoms with Crippen LogP contribution in [0, 0.1) is 0 Å². The molecule has 0 saturated carbocycles. The summed E-state index contributed by atoms with van der Waals surface area (Å²) in [4.78, 5) is 45.7. The number of hydrogen-bond acceptors (Lipinski definition) is 6. The lowest BCUT2D eigenvalue weighted by atomic mass is 9.97. The molecule has 0 spiro atoms. The van der Waals surface area contributed by atoms with E-state index in [-0.39, 0.29) is 23.1 Å². The number of aryl methyl sites for hydroxylation is 2. The van der Waals surface area contributed by atoms with Crippen LogP contribution in [0.15, 0.2) is 9.95 Å². The Bertz CT molecular complexity index is 906. The normalized spacial score (nSPS) is 14.6. The first-order valence-corrected chi connectivity index (χ1v) is 11.0. The van der Waals surface area contributed by atoms with Crippen LogP contribution in [0.25, 0.3) is 10.2 Å². The van der Waals surface area contributed by atoms with Gasteiger partial charge in [0.15, 0.2) is 5.16 Å². The predicted molar refractivity (Wildman–Crippen MR) is 109 cm³/mol. The van der Waals surface area contributed by atoms with E-state index in [1.165, 1.54) is 16.6 Å². The van der Waals surface area contributed by atoms with Crippen molar-refractivity contribution in [2.24, 2.45) is 0 Å². The molecule has 0 saturated heterocycles. The molecule has 0 radical (unpaired) electrons. The van der Waals surface area contributed by atoms with Crippen LogP contribution < -0.4 is 16.2 Å². The molecule has 0 fully saturated rings. The number of aromatic nitrogens is 2. The third-order valence-corrected chi connectivity index (χ3v) is 6.52. The Hall–Kier alpha value is -1.87.